The van der Waals surface area contributed by atoms with Gasteiger partial charge in [0.05, 0.1) is 0 Å². The maximum absolute atomic E-state index is 12.8. The van der Waals surface area contributed by atoms with E-state index in [9.17, 15) is 9.18 Å². The Morgan fingerprint density at radius 3 is 2.71 bits per heavy atom. The molecule has 3 nitrogen and oxygen atoms in total. The van der Waals surface area contributed by atoms with Gasteiger partial charge in [0, 0.05) is 24.2 Å². The van der Waals surface area contributed by atoms with Crippen LogP contribution in [-0.4, -0.2) is 9.97 Å². The van der Waals surface area contributed by atoms with Crippen molar-refractivity contribution in [1.82, 2.24) is 9.97 Å². The third kappa shape index (κ3) is 1.54. The van der Waals surface area contributed by atoms with Crippen molar-refractivity contribution in [1.29, 1.82) is 0 Å². The third-order valence-electron chi connectivity index (χ3n) is 1.86. The lowest BCUT2D eigenvalue weighted by molar-refractivity contribution is 0.621. The summed E-state index contributed by atoms with van der Waals surface area (Å²) in [6.07, 6.45) is 4.15. The molecular weight excluding hydrogens is 183 g/mol. The van der Waals surface area contributed by atoms with E-state index in [1.807, 2.05) is 0 Å². The minimum absolute atomic E-state index is 0.308. The van der Waals surface area contributed by atoms with Crippen molar-refractivity contribution in [3.05, 3.63) is 53.0 Å². The molecule has 70 valence electrons. The van der Waals surface area contributed by atoms with Crippen LogP contribution in [-0.2, 0) is 0 Å². The van der Waals surface area contributed by atoms with Gasteiger partial charge in [-0.2, -0.15) is 0 Å². The monoisotopic (exact) mass is 190 g/mol. The molecule has 0 bridgehead atoms. The van der Waals surface area contributed by atoms with E-state index in [-0.39, 0.29) is 5.56 Å². The lowest BCUT2D eigenvalue weighted by Crippen LogP contribution is -2.08. The van der Waals surface area contributed by atoms with Crippen molar-refractivity contribution in [3.8, 4) is 11.1 Å². The summed E-state index contributed by atoms with van der Waals surface area (Å²) < 4.78 is 12.8. The molecule has 2 aromatic heterocycles. The van der Waals surface area contributed by atoms with E-state index in [4.69, 9.17) is 0 Å². The van der Waals surface area contributed by atoms with Crippen molar-refractivity contribution in [2.24, 2.45) is 0 Å². The van der Waals surface area contributed by atoms with Gasteiger partial charge in [-0.1, -0.05) is 0 Å². The zero-order valence-electron chi connectivity index (χ0n) is 7.20. The fraction of sp³-hybridized carbons (Fsp3) is 0. The minimum atomic E-state index is -0.462. The van der Waals surface area contributed by atoms with Gasteiger partial charge in [0.15, 0.2) is 0 Å². The Morgan fingerprint density at radius 2 is 2.00 bits per heavy atom. The lowest BCUT2D eigenvalue weighted by Gasteiger charge is -1.98. The fourth-order valence-corrected chi connectivity index (χ4v) is 1.20. The Hall–Kier alpha value is -1.97. The zero-order chi connectivity index (χ0) is 9.97. The normalized spacial score (nSPS) is 10.1. The number of hydrogen-bond acceptors (Lipinski definition) is 2. The number of nitrogens with zero attached hydrogens (tertiary/aromatic N) is 1. The van der Waals surface area contributed by atoms with Crippen LogP contribution in [0.3, 0.4) is 0 Å². The molecule has 0 saturated carbocycles. The molecule has 0 aromatic carbocycles. The SMILES string of the molecule is O=c1[nH]cc(F)cc1-c1ccncc1. The summed E-state index contributed by atoms with van der Waals surface area (Å²) in [5.74, 6) is -0.462. The second-order valence-electron chi connectivity index (χ2n) is 2.80. The van der Waals surface area contributed by atoms with Crippen molar-refractivity contribution >= 4 is 0 Å². The van der Waals surface area contributed by atoms with Crippen LogP contribution < -0.4 is 5.56 Å². The number of H-pyrrole nitrogens is 1. The minimum Gasteiger partial charge on any atom is -0.326 e. The maximum atomic E-state index is 12.8. The Morgan fingerprint density at radius 1 is 1.29 bits per heavy atom. The molecule has 0 atom stereocenters. The molecule has 2 heterocycles. The average Bonchev–Trinajstić information content (AvgIpc) is 2.23. The number of hydrogen-bond donors (Lipinski definition) is 1. The van der Waals surface area contributed by atoms with Gasteiger partial charge in [0.1, 0.15) is 5.82 Å². The van der Waals surface area contributed by atoms with Gasteiger partial charge in [-0.15, -0.1) is 0 Å². The predicted molar refractivity (Wildman–Crippen MR) is 50.3 cm³/mol. The van der Waals surface area contributed by atoms with Crippen LogP contribution in [0.5, 0.6) is 0 Å². The van der Waals surface area contributed by atoms with Gasteiger partial charge in [-0.05, 0) is 23.8 Å². The summed E-state index contributed by atoms with van der Waals surface area (Å²) in [5.41, 5.74) is 0.658. The molecule has 0 unspecified atom stereocenters. The molecule has 4 heteroatoms. The van der Waals surface area contributed by atoms with Gasteiger partial charge in [0.2, 0.25) is 0 Å². The van der Waals surface area contributed by atoms with E-state index < -0.39 is 5.82 Å². The molecule has 0 fully saturated rings. The van der Waals surface area contributed by atoms with E-state index in [0.29, 0.717) is 11.1 Å². The first-order valence-electron chi connectivity index (χ1n) is 4.06. The van der Waals surface area contributed by atoms with E-state index in [0.717, 1.165) is 6.20 Å². The summed E-state index contributed by atoms with van der Waals surface area (Å²) in [6, 6.07) is 4.52. The highest BCUT2D eigenvalue weighted by molar-refractivity contribution is 5.61. The van der Waals surface area contributed by atoms with Gasteiger partial charge < -0.3 is 4.98 Å². The van der Waals surface area contributed by atoms with E-state index >= 15 is 0 Å². The quantitative estimate of drug-likeness (QED) is 0.741. The van der Waals surface area contributed by atoms with Crippen molar-refractivity contribution in [2.45, 2.75) is 0 Å². The standard InChI is InChI=1S/C10H7FN2O/c11-8-5-9(10(14)13-6-8)7-1-3-12-4-2-7/h1-6H,(H,13,14). The molecule has 2 aromatic rings. The van der Waals surface area contributed by atoms with Crippen molar-refractivity contribution < 1.29 is 4.39 Å². The highest BCUT2D eigenvalue weighted by atomic mass is 19.1. The van der Waals surface area contributed by atoms with Crippen LogP contribution in [0.4, 0.5) is 4.39 Å². The lowest BCUT2D eigenvalue weighted by atomic mass is 10.1. The highest BCUT2D eigenvalue weighted by Crippen LogP contribution is 2.13. The summed E-state index contributed by atoms with van der Waals surface area (Å²) in [6.45, 7) is 0. The van der Waals surface area contributed by atoms with E-state index in [2.05, 4.69) is 9.97 Å². The van der Waals surface area contributed by atoms with E-state index in [1.54, 1.807) is 24.5 Å². The molecule has 14 heavy (non-hydrogen) atoms. The van der Waals surface area contributed by atoms with Crippen LogP contribution in [0.15, 0.2) is 41.6 Å². The second-order valence-corrected chi connectivity index (χ2v) is 2.80. The number of pyridine rings is 2. The van der Waals surface area contributed by atoms with E-state index in [1.165, 1.54) is 6.07 Å². The van der Waals surface area contributed by atoms with Crippen LogP contribution in [0, 0.1) is 5.82 Å². The maximum Gasteiger partial charge on any atom is 0.256 e. The summed E-state index contributed by atoms with van der Waals surface area (Å²) >= 11 is 0. The Bertz CT molecular complexity index is 493. The highest BCUT2D eigenvalue weighted by Gasteiger charge is 2.03. The number of aromatic nitrogens is 2. The van der Waals surface area contributed by atoms with Gasteiger partial charge in [-0.25, -0.2) is 4.39 Å². The smallest absolute Gasteiger partial charge is 0.256 e. The predicted octanol–water partition coefficient (Wildman–Crippen LogP) is 1.58. The van der Waals surface area contributed by atoms with Crippen molar-refractivity contribution in [3.63, 3.8) is 0 Å². The Kier molecular flexibility index (Phi) is 2.10. The van der Waals surface area contributed by atoms with Crippen LogP contribution in [0.1, 0.15) is 0 Å². The van der Waals surface area contributed by atoms with Crippen LogP contribution >= 0.6 is 0 Å². The zero-order valence-corrected chi connectivity index (χ0v) is 7.20. The summed E-state index contributed by atoms with van der Waals surface area (Å²) in [5, 5.41) is 0. The first kappa shape index (κ1) is 8.62. The van der Waals surface area contributed by atoms with Crippen LogP contribution in [0.2, 0.25) is 0 Å². The largest absolute Gasteiger partial charge is 0.326 e. The molecule has 0 saturated heterocycles. The van der Waals surface area contributed by atoms with Gasteiger partial charge in [-0.3, -0.25) is 9.78 Å². The molecular formula is C10H7FN2O. The topological polar surface area (TPSA) is 45.8 Å². The molecule has 2 rings (SSSR count). The number of halogens is 1. The van der Waals surface area contributed by atoms with Crippen molar-refractivity contribution in [2.75, 3.05) is 0 Å². The molecule has 0 aliphatic carbocycles. The number of nitrogens with one attached hydrogen (secondary N) is 1. The molecule has 0 amide bonds. The number of aromatic amines is 1. The first-order valence-corrected chi connectivity index (χ1v) is 4.06. The third-order valence-corrected chi connectivity index (χ3v) is 1.86. The second kappa shape index (κ2) is 3.41. The van der Waals surface area contributed by atoms with Gasteiger partial charge >= 0.3 is 0 Å². The molecule has 0 spiro atoms. The summed E-state index contributed by atoms with van der Waals surface area (Å²) in [4.78, 5) is 17.5. The molecule has 0 aliphatic rings. The molecule has 0 aliphatic heterocycles. The Labute approximate surface area is 79.3 Å². The van der Waals surface area contributed by atoms with Crippen LogP contribution in [0.25, 0.3) is 11.1 Å². The number of rotatable bonds is 1. The average molecular weight is 190 g/mol. The Balaban J connectivity index is 2.63. The van der Waals surface area contributed by atoms with Gasteiger partial charge in [0.25, 0.3) is 5.56 Å². The fourth-order valence-electron chi connectivity index (χ4n) is 1.20. The first-order chi connectivity index (χ1) is 6.77. The molecule has 1 N–H and O–H groups in total. The summed E-state index contributed by atoms with van der Waals surface area (Å²) in [7, 11) is 0. The molecule has 0 radical (unpaired) electrons.